The number of carboxylic acid groups (broad SMARTS) is 1. The molecular formula is C27H31N3O5. The molecule has 0 bridgehead atoms. The first-order valence-electron chi connectivity index (χ1n) is 12.3. The fraction of sp³-hybridized carbons (Fsp3) is 0.444. The number of rotatable bonds is 5. The summed E-state index contributed by atoms with van der Waals surface area (Å²) in [4.78, 5) is 30.8. The molecule has 35 heavy (non-hydrogen) atoms. The van der Waals surface area contributed by atoms with Crippen LogP contribution in [0.3, 0.4) is 0 Å². The van der Waals surface area contributed by atoms with Crippen molar-refractivity contribution in [3.63, 3.8) is 0 Å². The highest BCUT2D eigenvalue weighted by Gasteiger charge is 2.33. The maximum Gasteiger partial charge on any atom is 0.414 e. The van der Waals surface area contributed by atoms with Gasteiger partial charge in [0.1, 0.15) is 18.2 Å². The molecule has 184 valence electrons. The molecule has 5 rings (SSSR count). The van der Waals surface area contributed by atoms with Crippen LogP contribution >= 0.6 is 0 Å². The van der Waals surface area contributed by atoms with Gasteiger partial charge in [-0.15, -0.1) is 0 Å². The molecule has 2 heterocycles. The van der Waals surface area contributed by atoms with E-state index in [4.69, 9.17) is 14.5 Å². The molecule has 0 radical (unpaired) electrons. The summed E-state index contributed by atoms with van der Waals surface area (Å²) in [6, 6.07) is 13.9. The molecule has 1 aromatic heterocycles. The second-order valence-corrected chi connectivity index (χ2v) is 9.50. The average molecular weight is 478 g/mol. The van der Waals surface area contributed by atoms with Gasteiger partial charge in [-0.1, -0.05) is 18.2 Å². The molecule has 2 aliphatic rings. The number of benzene rings is 2. The highest BCUT2D eigenvalue weighted by molar-refractivity contribution is 5.95. The smallest absolute Gasteiger partial charge is 0.414 e. The van der Waals surface area contributed by atoms with Gasteiger partial charge in [-0.3, -0.25) is 9.69 Å². The molecule has 1 aliphatic heterocycles. The molecule has 3 aromatic rings. The highest BCUT2D eigenvalue weighted by atomic mass is 16.5. The van der Waals surface area contributed by atoms with Crippen LogP contribution in [-0.2, 0) is 22.6 Å². The Hall–Kier alpha value is -3.55. The average Bonchev–Trinajstić information content (AvgIpc) is 3.26. The number of fused-ring (bicyclic) bond motifs is 3. The molecule has 1 unspecified atom stereocenters. The predicted molar refractivity (Wildman–Crippen MR) is 132 cm³/mol. The Kier molecular flexibility index (Phi) is 6.36. The molecule has 0 saturated heterocycles. The zero-order chi connectivity index (χ0) is 24.5. The van der Waals surface area contributed by atoms with Gasteiger partial charge in [0.05, 0.1) is 29.7 Å². The molecule has 1 fully saturated rings. The second kappa shape index (κ2) is 9.60. The standard InChI is InChI=1S/C27H31N3O5/c1-17-8-13-21-22(29(17)27(33)34-2)14-15-23-25(21)28-24(16-35-20-6-4-3-5-7-20)30(23)19-11-9-18(10-12-19)26(31)32/h3-7,14-15,17-19H,8-13,16H2,1-2H3,(H,31,32). The van der Waals surface area contributed by atoms with Crippen LogP contribution in [0.2, 0.25) is 0 Å². The maximum atomic E-state index is 12.6. The van der Waals surface area contributed by atoms with E-state index in [0.29, 0.717) is 19.4 Å². The van der Waals surface area contributed by atoms with Crippen LogP contribution in [0.5, 0.6) is 5.75 Å². The highest BCUT2D eigenvalue weighted by Crippen LogP contribution is 2.40. The Bertz CT molecular complexity index is 1230. The largest absolute Gasteiger partial charge is 0.486 e. The van der Waals surface area contributed by atoms with Gasteiger partial charge in [0, 0.05) is 17.6 Å². The van der Waals surface area contributed by atoms with Crippen LogP contribution in [0.1, 0.15) is 56.5 Å². The van der Waals surface area contributed by atoms with Crippen LogP contribution < -0.4 is 9.64 Å². The number of imidazole rings is 1. The predicted octanol–water partition coefficient (Wildman–Crippen LogP) is 5.34. The molecule has 1 atom stereocenters. The van der Waals surface area contributed by atoms with Crippen LogP contribution in [0.25, 0.3) is 11.0 Å². The van der Waals surface area contributed by atoms with E-state index < -0.39 is 5.97 Å². The number of para-hydroxylation sites is 1. The Morgan fingerprint density at radius 1 is 1.06 bits per heavy atom. The van der Waals surface area contributed by atoms with Gasteiger partial charge in [-0.25, -0.2) is 9.78 Å². The topological polar surface area (TPSA) is 93.9 Å². The lowest BCUT2D eigenvalue weighted by Crippen LogP contribution is -2.42. The number of nitrogens with zero attached hydrogens (tertiary/aromatic N) is 3. The van der Waals surface area contributed by atoms with Gasteiger partial charge in [0.15, 0.2) is 0 Å². The van der Waals surface area contributed by atoms with Crippen molar-refractivity contribution < 1.29 is 24.2 Å². The fourth-order valence-electron chi connectivity index (χ4n) is 5.58. The minimum Gasteiger partial charge on any atom is -0.486 e. The Morgan fingerprint density at radius 3 is 2.49 bits per heavy atom. The number of aliphatic carboxylic acids is 1. The summed E-state index contributed by atoms with van der Waals surface area (Å²) in [7, 11) is 1.41. The maximum absolute atomic E-state index is 12.6. The van der Waals surface area contributed by atoms with Crippen molar-refractivity contribution in [2.45, 2.75) is 64.1 Å². The van der Waals surface area contributed by atoms with Gasteiger partial charge >= 0.3 is 12.1 Å². The van der Waals surface area contributed by atoms with E-state index in [0.717, 1.165) is 59.5 Å². The monoisotopic (exact) mass is 477 g/mol. The van der Waals surface area contributed by atoms with E-state index in [9.17, 15) is 14.7 Å². The Morgan fingerprint density at radius 2 is 1.80 bits per heavy atom. The summed E-state index contributed by atoms with van der Waals surface area (Å²) < 4.78 is 13.4. The number of anilines is 1. The molecule has 8 heteroatoms. The first-order valence-corrected chi connectivity index (χ1v) is 12.3. The summed E-state index contributed by atoms with van der Waals surface area (Å²) in [5, 5.41) is 9.45. The summed E-state index contributed by atoms with van der Waals surface area (Å²) in [6.07, 6.45) is 4.15. The number of carboxylic acids is 1. The van der Waals surface area contributed by atoms with Gasteiger partial charge in [0.25, 0.3) is 0 Å². The Balaban J connectivity index is 1.56. The summed E-state index contributed by atoms with van der Waals surface area (Å²) >= 11 is 0. The van der Waals surface area contributed by atoms with E-state index in [1.165, 1.54) is 7.11 Å². The summed E-state index contributed by atoms with van der Waals surface area (Å²) in [6.45, 7) is 2.34. The van der Waals surface area contributed by atoms with Crippen LogP contribution in [-0.4, -0.2) is 39.9 Å². The van der Waals surface area contributed by atoms with E-state index in [1.807, 2.05) is 49.4 Å². The second-order valence-electron chi connectivity index (χ2n) is 9.50. The van der Waals surface area contributed by atoms with Crippen molar-refractivity contribution in [2.75, 3.05) is 12.0 Å². The number of carbonyl (C=O) groups excluding carboxylic acids is 1. The number of hydrogen-bond donors (Lipinski definition) is 1. The quantitative estimate of drug-likeness (QED) is 0.533. The summed E-state index contributed by atoms with van der Waals surface area (Å²) in [5.74, 6) is 0.596. The van der Waals surface area contributed by atoms with Crippen LogP contribution in [0.15, 0.2) is 42.5 Å². The van der Waals surface area contributed by atoms with Crippen molar-refractivity contribution in [3.05, 3.63) is 53.9 Å². The van der Waals surface area contributed by atoms with E-state index in [1.54, 1.807) is 4.90 Å². The van der Waals surface area contributed by atoms with E-state index in [-0.39, 0.29) is 24.1 Å². The number of carbonyl (C=O) groups is 2. The lowest BCUT2D eigenvalue weighted by atomic mass is 9.86. The van der Waals surface area contributed by atoms with Crippen molar-refractivity contribution in [1.29, 1.82) is 0 Å². The third-order valence-corrected chi connectivity index (χ3v) is 7.42. The van der Waals surface area contributed by atoms with E-state index >= 15 is 0 Å². The van der Waals surface area contributed by atoms with Gasteiger partial charge in [0.2, 0.25) is 0 Å². The summed E-state index contributed by atoms with van der Waals surface area (Å²) in [5.41, 5.74) is 3.78. The molecule has 1 amide bonds. The SMILES string of the molecule is COC(=O)N1c2ccc3c(nc(COc4ccccc4)n3C3CCC(C(=O)O)CC3)c2CCC1C. The van der Waals surface area contributed by atoms with Gasteiger partial charge in [-0.05, 0) is 69.7 Å². The number of aryl methyl sites for hydroxylation is 1. The minimum atomic E-state index is -0.710. The lowest BCUT2D eigenvalue weighted by Gasteiger charge is -2.34. The van der Waals surface area contributed by atoms with Crippen LogP contribution in [0.4, 0.5) is 10.5 Å². The number of hydrogen-bond acceptors (Lipinski definition) is 5. The van der Waals surface area contributed by atoms with E-state index in [2.05, 4.69) is 4.57 Å². The number of amides is 1. The van der Waals surface area contributed by atoms with Crippen molar-refractivity contribution in [3.8, 4) is 5.75 Å². The third kappa shape index (κ3) is 4.33. The molecule has 2 aromatic carbocycles. The zero-order valence-corrected chi connectivity index (χ0v) is 20.1. The number of methoxy groups -OCH3 is 1. The third-order valence-electron chi connectivity index (χ3n) is 7.42. The van der Waals surface area contributed by atoms with Crippen molar-refractivity contribution in [2.24, 2.45) is 5.92 Å². The molecule has 8 nitrogen and oxygen atoms in total. The minimum absolute atomic E-state index is 0.0432. The lowest BCUT2D eigenvalue weighted by molar-refractivity contribution is -0.143. The Labute approximate surface area is 204 Å². The number of aromatic nitrogens is 2. The van der Waals surface area contributed by atoms with Crippen molar-refractivity contribution >= 4 is 28.8 Å². The molecule has 1 saturated carbocycles. The normalized spacial score (nSPS) is 22.0. The molecule has 0 spiro atoms. The van der Waals surface area contributed by atoms with Gasteiger partial charge < -0.3 is 19.1 Å². The molecule has 1 aliphatic carbocycles. The van der Waals surface area contributed by atoms with Crippen LogP contribution in [0, 0.1) is 5.92 Å². The molecular weight excluding hydrogens is 446 g/mol. The van der Waals surface area contributed by atoms with Gasteiger partial charge in [-0.2, -0.15) is 0 Å². The first kappa shape index (κ1) is 23.2. The first-order chi connectivity index (χ1) is 17.0. The van der Waals surface area contributed by atoms with Crippen molar-refractivity contribution in [1.82, 2.24) is 9.55 Å². The fourth-order valence-corrected chi connectivity index (χ4v) is 5.58. The zero-order valence-electron chi connectivity index (χ0n) is 20.1. The number of ether oxygens (including phenoxy) is 2. The molecule has 1 N–H and O–H groups in total.